The van der Waals surface area contributed by atoms with E-state index in [1.807, 2.05) is 30.3 Å². The van der Waals surface area contributed by atoms with Crippen molar-refractivity contribution in [2.45, 2.75) is 57.7 Å². The van der Waals surface area contributed by atoms with E-state index >= 15 is 0 Å². The molecule has 0 aromatic heterocycles. The molecule has 0 amide bonds. The maximum Gasteiger partial charge on any atom is 0.511 e. The molecule has 1 unspecified atom stereocenters. The van der Waals surface area contributed by atoms with Crippen LogP contribution < -0.4 is 0 Å². The van der Waals surface area contributed by atoms with Crippen LogP contribution in [0.15, 0.2) is 78.9 Å². The molecule has 15 heteroatoms. The highest BCUT2D eigenvalue weighted by Crippen LogP contribution is 2.34. The lowest BCUT2D eigenvalue weighted by Crippen LogP contribution is -2.55. The van der Waals surface area contributed by atoms with E-state index < -0.39 is 34.7 Å². The number of quaternary nitrogens is 2. The Morgan fingerprint density at radius 2 is 1.33 bits per heavy atom. The third kappa shape index (κ3) is 12.7. The number of nitro benzene ring substituents is 2. The molecule has 3 aromatic carbocycles. The number of piperidine rings is 1. The van der Waals surface area contributed by atoms with E-state index in [4.69, 9.17) is 14.2 Å². The standard InChI is InChI=1S/C36H44F2N4O9/c1-41(25-29-7-3-2-4-8-29,26-30-10-14-32(15-11-30)39(45)46)20-6-24-49-35(44)51-28-50-34(43)9-5-21-42(22-18-36(37,38)19-23-42)27-31-12-16-33(17-13-31)40(47)48/h2-4,7-8,10-17H,5-6,9,18-28H2,1H3/q+2. The molecule has 1 aliphatic rings. The zero-order chi connectivity index (χ0) is 36.9. The number of benzene rings is 3. The van der Waals surface area contributed by atoms with Gasteiger partial charge in [0.25, 0.3) is 17.3 Å². The number of rotatable bonds is 18. The summed E-state index contributed by atoms with van der Waals surface area (Å²) in [4.78, 5) is 45.7. The fourth-order valence-corrected chi connectivity index (χ4v) is 6.43. The van der Waals surface area contributed by atoms with Crippen molar-refractivity contribution in [3.63, 3.8) is 0 Å². The van der Waals surface area contributed by atoms with Gasteiger partial charge in [0, 0.05) is 53.8 Å². The molecule has 4 rings (SSSR count). The van der Waals surface area contributed by atoms with Crippen molar-refractivity contribution in [2.75, 3.05) is 46.6 Å². The van der Waals surface area contributed by atoms with Crippen molar-refractivity contribution < 1.29 is 51.4 Å². The number of carbonyl (C=O) groups is 2. The second kappa shape index (κ2) is 17.8. The molecule has 274 valence electrons. The molecular formula is C36H44F2N4O9+2. The molecule has 0 saturated carbocycles. The number of nitrogens with zero attached hydrogens (tertiary/aromatic N) is 4. The summed E-state index contributed by atoms with van der Waals surface area (Å²) in [5.74, 6) is -3.36. The average Bonchev–Trinajstić information content (AvgIpc) is 3.09. The van der Waals surface area contributed by atoms with Crippen LogP contribution in [0.3, 0.4) is 0 Å². The third-order valence-corrected chi connectivity index (χ3v) is 9.16. The van der Waals surface area contributed by atoms with Crippen molar-refractivity contribution in [2.24, 2.45) is 0 Å². The Bertz CT molecular complexity index is 1620. The predicted molar refractivity (Wildman–Crippen MR) is 181 cm³/mol. The monoisotopic (exact) mass is 714 g/mol. The summed E-state index contributed by atoms with van der Waals surface area (Å²) >= 11 is 0. The van der Waals surface area contributed by atoms with Crippen molar-refractivity contribution >= 4 is 23.5 Å². The SMILES string of the molecule is C[N+](CCCOC(=O)OCOC(=O)CCC[N+]1(Cc2ccc([N+](=O)[O-])cc2)CCC(F)(F)CC1)(Cc1ccccc1)Cc1ccc([N+](=O)[O-])cc1. The molecular weight excluding hydrogens is 670 g/mol. The molecule has 0 N–H and O–H groups in total. The maximum atomic E-state index is 14.0. The highest BCUT2D eigenvalue weighted by Gasteiger charge is 2.43. The van der Waals surface area contributed by atoms with Gasteiger partial charge in [0.15, 0.2) is 0 Å². The minimum Gasteiger partial charge on any atom is -0.434 e. The summed E-state index contributed by atoms with van der Waals surface area (Å²) in [6.07, 6.45) is -0.727. The maximum absolute atomic E-state index is 14.0. The molecule has 3 aromatic rings. The van der Waals surface area contributed by atoms with Crippen molar-refractivity contribution in [1.29, 1.82) is 0 Å². The molecule has 1 aliphatic heterocycles. The van der Waals surface area contributed by atoms with Crippen LogP contribution in [0.4, 0.5) is 25.0 Å². The summed E-state index contributed by atoms with van der Waals surface area (Å²) in [5, 5.41) is 22.1. The quantitative estimate of drug-likeness (QED) is 0.0342. The summed E-state index contributed by atoms with van der Waals surface area (Å²) in [6, 6.07) is 22.4. The van der Waals surface area contributed by atoms with Crippen LogP contribution in [-0.2, 0) is 38.6 Å². The first kappa shape index (κ1) is 38.8. The minimum atomic E-state index is -2.75. The molecule has 0 spiro atoms. The number of halogens is 2. The summed E-state index contributed by atoms with van der Waals surface area (Å²) < 4.78 is 44.0. The first-order valence-electron chi connectivity index (χ1n) is 16.8. The van der Waals surface area contributed by atoms with E-state index in [0.717, 1.165) is 16.7 Å². The van der Waals surface area contributed by atoms with E-state index in [0.29, 0.717) is 54.5 Å². The van der Waals surface area contributed by atoms with E-state index in [9.17, 15) is 38.6 Å². The Balaban J connectivity index is 1.18. The van der Waals surface area contributed by atoms with Gasteiger partial charge in [0.2, 0.25) is 6.79 Å². The van der Waals surface area contributed by atoms with E-state index in [1.165, 1.54) is 24.3 Å². The smallest absolute Gasteiger partial charge is 0.434 e. The largest absolute Gasteiger partial charge is 0.511 e. The number of carbonyl (C=O) groups excluding carboxylic acids is 2. The van der Waals surface area contributed by atoms with Crippen LogP contribution >= 0.6 is 0 Å². The van der Waals surface area contributed by atoms with Crippen LogP contribution in [0.25, 0.3) is 0 Å². The van der Waals surface area contributed by atoms with Crippen LogP contribution in [0.2, 0.25) is 0 Å². The predicted octanol–water partition coefficient (Wildman–Crippen LogP) is 6.92. The van der Waals surface area contributed by atoms with Gasteiger partial charge < -0.3 is 23.2 Å². The van der Waals surface area contributed by atoms with E-state index in [-0.39, 0.29) is 50.3 Å². The number of likely N-dealkylation sites (tertiary alicyclic amines) is 1. The van der Waals surface area contributed by atoms with Gasteiger partial charge in [-0.25, -0.2) is 13.6 Å². The number of hydrogen-bond acceptors (Lipinski definition) is 9. The lowest BCUT2D eigenvalue weighted by atomic mass is 10.0. The second-order valence-corrected chi connectivity index (χ2v) is 13.4. The molecule has 51 heavy (non-hydrogen) atoms. The molecule has 1 atom stereocenters. The second-order valence-electron chi connectivity index (χ2n) is 13.4. The van der Waals surface area contributed by atoms with Crippen molar-refractivity contribution in [3.8, 4) is 0 Å². The number of hydrogen-bond donors (Lipinski definition) is 0. The highest BCUT2D eigenvalue weighted by atomic mass is 19.3. The van der Waals surface area contributed by atoms with Gasteiger partial charge in [-0.05, 0) is 24.3 Å². The average molecular weight is 715 g/mol. The lowest BCUT2D eigenvalue weighted by molar-refractivity contribution is -0.947. The van der Waals surface area contributed by atoms with Crippen LogP contribution in [-0.4, -0.2) is 83.5 Å². The Kier molecular flexibility index (Phi) is 13.5. The van der Waals surface area contributed by atoms with E-state index in [1.54, 1.807) is 24.3 Å². The van der Waals surface area contributed by atoms with Gasteiger partial charge in [0.05, 0.1) is 62.3 Å². The fourth-order valence-electron chi connectivity index (χ4n) is 6.43. The number of esters is 1. The zero-order valence-electron chi connectivity index (χ0n) is 28.6. The van der Waals surface area contributed by atoms with Crippen LogP contribution in [0, 0.1) is 20.2 Å². The van der Waals surface area contributed by atoms with Gasteiger partial charge in [0.1, 0.15) is 26.2 Å². The van der Waals surface area contributed by atoms with Crippen LogP contribution in [0.5, 0.6) is 0 Å². The molecule has 13 nitrogen and oxygen atoms in total. The first-order chi connectivity index (χ1) is 24.3. The number of ether oxygens (including phenoxy) is 3. The Morgan fingerprint density at radius 3 is 1.90 bits per heavy atom. The van der Waals surface area contributed by atoms with Gasteiger partial charge in [-0.3, -0.25) is 25.0 Å². The first-order valence-corrected chi connectivity index (χ1v) is 16.8. The highest BCUT2D eigenvalue weighted by molar-refractivity contribution is 5.69. The van der Waals surface area contributed by atoms with Gasteiger partial charge >= 0.3 is 12.1 Å². The van der Waals surface area contributed by atoms with Gasteiger partial charge in [-0.1, -0.05) is 30.3 Å². The molecule has 1 saturated heterocycles. The third-order valence-electron chi connectivity index (χ3n) is 9.16. The minimum absolute atomic E-state index is 0.0122. The van der Waals surface area contributed by atoms with E-state index in [2.05, 4.69) is 7.05 Å². The summed E-state index contributed by atoms with van der Waals surface area (Å²) in [6.45, 7) is 2.56. The summed E-state index contributed by atoms with van der Waals surface area (Å²) in [7, 11) is 2.06. The number of nitro groups is 2. The Hall–Kier alpha value is -5.02. The molecule has 1 fully saturated rings. The zero-order valence-corrected chi connectivity index (χ0v) is 28.6. The fraction of sp³-hybridized carbons (Fsp3) is 0.444. The Labute approximate surface area is 294 Å². The molecule has 0 bridgehead atoms. The van der Waals surface area contributed by atoms with Gasteiger partial charge in [-0.2, -0.15) is 0 Å². The van der Waals surface area contributed by atoms with Crippen LogP contribution in [0.1, 0.15) is 48.8 Å². The Morgan fingerprint density at radius 1 is 0.784 bits per heavy atom. The number of non-ortho nitro benzene ring substituents is 2. The number of alkyl halides is 2. The van der Waals surface area contributed by atoms with Crippen molar-refractivity contribution in [3.05, 3.63) is 116 Å². The lowest BCUT2D eigenvalue weighted by Gasteiger charge is -2.44. The van der Waals surface area contributed by atoms with Gasteiger partial charge in [-0.15, -0.1) is 0 Å². The normalized spacial score (nSPS) is 16.0. The molecule has 0 radical (unpaired) electrons. The molecule has 0 aliphatic carbocycles. The summed E-state index contributed by atoms with van der Waals surface area (Å²) in [5.41, 5.74) is 2.79. The molecule has 1 heterocycles. The topological polar surface area (TPSA) is 148 Å². The van der Waals surface area contributed by atoms with Crippen molar-refractivity contribution in [1.82, 2.24) is 0 Å².